The van der Waals surface area contributed by atoms with Gasteiger partial charge < -0.3 is 5.32 Å². The number of hydrogen-bond acceptors (Lipinski definition) is 3. The predicted octanol–water partition coefficient (Wildman–Crippen LogP) is 4.03. The summed E-state index contributed by atoms with van der Waals surface area (Å²) in [4.78, 5) is 24.3. The summed E-state index contributed by atoms with van der Waals surface area (Å²) in [7, 11) is 0. The molecule has 1 heterocycles. The Morgan fingerprint density at radius 3 is 2.67 bits per heavy atom. The van der Waals surface area contributed by atoms with E-state index >= 15 is 0 Å². The second-order valence-electron chi connectivity index (χ2n) is 6.30. The number of carbonyl (C=O) groups excluding carboxylic acids is 1. The fourth-order valence-electron chi connectivity index (χ4n) is 3.01. The summed E-state index contributed by atoms with van der Waals surface area (Å²) < 4.78 is 14.9. The van der Waals surface area contributed by atoms with Crippen molar-refractivity contribution in [1.29, 1.82) is 0 Å². The van der Waals surface area contributed by atoms with Gasteiger partial charge in [-0.15, -0.1) is 0 Å². The molecule has 3 aromatic rings. The van der Waals surface area contributed by atoms with E-state index in [1.165, 1.54) is 22.3 Å². The van der Waals surface area contributed by atoms with Crippen LogP contribution in [0, 0.1) is 5.82 Å². The lowest BCUT2D eigenvalue weighted by Gasteiger charge is -2.16. The van der Waals surface area contributed by atoms with E-state index in [-0.39, 0.29) is 29.1 Å². The second kappa shape index (κ2) is 8.77. The van der Waals surface area contributed by atoms with Gasteiger partial charge in [0.15, 0.2) is 0 Å². The lowest BCUT2D eigenvalue weighted by atomic mass is 9.96. The highest BCUT2D eigenvalue weighted by molar-refractivity contribution is 7.07. The molecule has 0 saturated carbocycles. The summed E-state index contributed by atoms with van der Waals surface area (Å²) in [5, 5.41) is 4.58. The Kier molecular flexibility index (Phi) is 6.19. The summed E-state index contributed by atoms with van der Waals surface area (Å²) in [6.45, 7) is 2.50. The van der Waals surface area contributed by atoms with Crippen molar-refractivity contribution in [2.24, 2.45) is 0 Å². The maximum absolute atomic E-state index is 13.5. The summed E-state index contributed by atoms with van der Waals surface area (Å²) in [5.41, 5.74) is 2.31. The molecule has 140 valence electrons. The zero-order valence-electron chi connectivity index (χ0n) is 15.0. The molecule has 0 bridgehead atoms. The van der Waals surface area contributed by atoms with Crippen molar-refractivity contribution in [3.8, 4) is 11.3 Å². The van der Waals surface area contributed by atoms with Gasteiger partial charge in [0.05, 0.1) is 5.69 Å². The molecular formula is C21H21FN2O2S. The molecule has 3 rings (SSSR count). The molecule has 6 heteroatoms. The van der Waals surface area contributed by atoms with Gasteiger partial charge in [-0.05, 0) is 24.1 Å². The fraction of sp³-hybridized carbons (Fsp3) is 0.238. The van der Waals surface area contributed by atoms with Crippen LogP contribution in [-0.4, -0.2) is 17.0 Å². The van der Waals surface area contributed by atoms with Crippen LogP contribution in [0.5, 0.6) is 0 Å². The predicted molar refractivity (Wildman–Crippen MR) is 106 cm³/mol. The number of halogens is 1. The van der Waals surface area contributed by atoms with E-state index in [0.29, 0.717) is 17.8 Å². The van der Waals surface area contributed by atoms with E-state index in [9.17, 15) is 14.0 Å². The van der Waals surface area contributed by atoms with Crippen molar-refractivity contribution < 1.29 is 9.18 Å². The van der Waals surface area contributed by atoms with Gasteiger partial charge in [-0.2, -0.15) is 0 Å². The highest BCUT2D eigenvalue weighted by Crippen LogP contribution is 2.21. The normalized spacial score (nSPS) is 11.9. The Morgan fingerprint density at radius 1 is 1.19 bits per heavy atom. The van der Waals surface area contributed by atoms with Gasteiger partial charge in [-0.3, -0.25) is 14.2 Å². The van der Waals surface area contributed by atoms with Gasteiger partial charge in [0.1, 0.15) is 12.4 Å². The molecule has 0 aliphatic carbocycles. The van der Waals surface area contributed by atoms with Crippen molar-refractivity contribution in [2.75, 3.05) is 6.54 Å². The van der Waals surface area contributed by atoms with E-state index in [1.807, 2.05) is 30.3 Å². The first-order valence-electron chi connectivity index (χ1n) is 8.84. The van der Waals surface area contributed by atoms with Crippen molar-refractivity contribution >= 4 is 17.2 Å². The van der Waals surface area contributed by atoms with Gasteiger partial charge in [-0.25, -0.2) is 4.39 Å². The molecule has 27 heavy (non-hydrogen) atoms. The molecule has 1 atom stereocenters. The molecule has 0 aliphatic heterocycles. The minimum atomic E-state index is -0.379. The molecule has 0 spiro atoms. The third-order valence-corrected chi connectivity index (χ3v) is 5.28. The smallest absolute Gasteiger partial charge is 0.308 e. The highest BCUT2D eigenvalue weighted by Gasteiger charge is 2.15. The SMILES string of the molecule is CC[C@@H](CNC(=O)Cn1c(-c2cccc(F)c2)csc1=O)c1ccccc1. The molecule has 4 nitrogen and oxygen atoms in total. The number of amides is 1. The van der Waals surface area contributed by atoms with E-state index in [1.54, 1.807) is 17.5 Å². The molecule has 1 amide bonds. The summed E-state index contributed by atoms with van der Waals surface area (Å²) >= 11 is 1.00. The Morgan fingerprint density at radius 2 is 1.96 bits per heavy atom. The summed E-state index contributed by atoms with van der Waals surface area (Å²) in [6, 6.07) is 16.0. The summed E-state index contributed by atoms with van der Waals surface area (Å²) in [5.74, 6) is -0.393. The number of hydrogen-bond donors (Lipinski definition) is 1. The number of carbonyl (C=O) groups is 1. The number of nitrogens with one attached hydrogen (secondary N) is 1. The van der Waals surface area contributed by atoms with E-state index in [2.05, 4.69) is 12.2 Å². The fourth-order valence-corrected chi connectivity index (χ4v) is 3.78. The minimum absolute atomic E-state index is 0.0839. The van der Waals surface area contributed by atoms with Crippen molar-refractivity contribution in [3.05, 3.63) is 81.0 Å². The Balaban J connectivity index is 1.70. The van der Waals surface area contributed by atoms with E-state index in [4.69, 9.17) is 0 Å². The molecule has 0 saturated heterocycles. The number of thiazole rings is 1. The Hall–Kier alpha value is -2.73. The maximum Gasteiger partial charge on any atom is 0.308 e. The lowest BCUT2D eigenvalue weighted by molar-refractivity contribution is -0.121. The first kappa shape index (κ1) is 19.0. The molecular weight excluding hydrogens is 363 g/mol. The molecule has 1 N–H and O–H groups in total. The third-order valence-electron chi connectivity index (χ3n) is 4.51. The van der Waals surface area contributed by atoms with Crippen LogP contribution >= 0.6 is 11.3 Å². The second-order valence-corrected chi connectivity index (χ2v) is 7.12. The van der Waals surface area contributed by atoms with Crippen LogP contribution in [0.25, 0.3) is 11.3 Å². The van der Waals surface area contributed by atoms with Crippen molar-refractivity contribution in [3.63, 3.8) is 0 Å². The van der Waals surface area contributed by atoms with Crippen LogP contribution in [-0.2, 0) is 11.3 Å². The number of aromatic nitrogens is 1. The quantitative estimate of drug-likeness (QED) is 0.669. The molecule has 1 aromatic heterocycles. The number of nitrogens with zero attached hydrogens (tertiary/aromatic N) is 1. The van der Waals surface area contributed by atoms with Crippen LogP contribution in [0.4, 0.5) is 4.39 Å². The minimum Gasteiger partial charge on any atom is -0.354 e. The first-order valence-corrected chi connectivity index (χ1v) is 9.72. The van der Waals surface area contributed by atoms with Gasteiger partial charge in [-0.1, -0.05) is 60.7 Å². The van der Waals surface area contributed by atoms with Crippen LogP contribution in [0.2, 0.25) is 0 Å². The number of benzene rings is 2. The van der Waals surface area contributed by atoms with Crippen LogP contribution in [0.3, 0.4) is 0 Å². The first-order chi connectivity index (χ1) is 13.1. The van der Waals surface area contributed by atoms with E-state index < -0.39 is 0 Å². The molecule has 0 fully saturated rings. The van der Waals surface area contributed by atoms with Gasteiger partial charge in [0, 0.05) is 23.4 Å². The molecule has 2 aromatic carbocycles. The molecule has 0 aliphatic rings. The van der Waals surface area contributed by atoms with Crippen molar-refractivity contribution in [1.82, 2.24) is 9.88 Å². The molecule has 0 unspecified atom stereocenters. The highest BCUT2D eigenvalue weighted by atomic mass is 32.1. The van der Waals surface area contributed by atoms with Gasteiger partial charge >= 0.3 is 4.87 Å². The lowest BCUT2D eigenvalue weighted by Crippen LogP contribution is -2.33. The van der Waals surface area contributed by atoms with Crippen LogP contribution in [0.1, 0.15) is 24.8 Å². The maximum atomic E-state index is 13.5. The zero-order valence-corrected chi connectivity index (χ0v) is 15.8. The van der Waals surface area contributed by atoms with Gasteiger partial charge in [0.2, 0.25) is 5.91 Å². The third kappa shape index (κ3) is 4.71. The van der Waals surface area contributed by atoms with E-state index in [0.717, 1.165) is 17.8 Å². The number of rotatable bonds is 7. The Labute approximate surface area is 161 Å². The standard InChI is InChI=1S/C21H21FN2O2S/c1-2-15(16-7-4-3-5-8-16)12-23-20(25)13-24-19(14-27-21(24)26)17-9-6-10-18(22)11-17/h3-11,14-15H,2,12-13H2,1H3,(H,23,25)/t15-/m0/s1. The monoisotopic (exact) mass is 384 g/mol. The zero-order chi connectivity index (χ0) is 19.2. The average molecular weight is 384 g/mol. The van der Waals surface area contributed by atoms with Crippen molar-refractivity contribution in [2.45, 2.75) is 25.8 Å². The summed E-state index contributed by atoms with van der Waals surface area (Å²) in [6.07, 6.45) is 0.900. The topological polar surface area (TPSA) is 51.1 Å². The largest absolute Gasteiger partial charge is 0.354 e. The van der Waals surface area contributed by atoms with Gasteiger partial charge in [0.25, 0.3) is 0 Å². The van der Waals surface area contributed by atoms with Crippen LogP contribution < -0.4 is 10.2 Å². The molecule has 0 radical (unpaired) electrons. The Bertz CT molecular complexity index is 966. The van der Waals surface area contributed by atoms with Crippen LogP contribution in [0.15, 0.2) is 64.8 Å². The average Bonchev–Trinajstić information content (AvgIpc) is 3.03.